The minimum absolute atomic E-state index is 0.0284. The van der Waals surface area contributed by atoms with Crippen molar-refractivity contribution in [1.82, 2.24) is 4.57 Å². The summed E-state index contributed by atoms with van der Waals surface area (Å²) in [6.07, 6.45) is 1.97. The molecule has 0 saturated heterocycles. The van der Waals surface area contributed by atoms with Gasteiger partial charge in [0.25, 0.3) is 5.56 Å². The van der Waals surface area contributed by atoms with E-state index >= 15 is 0 Å². The molecule has 1 aromatic heterocycles. The van der Waals surface area contributed by atoms with Crippen molar-refractivity contribution in [3.63, 3.8) is 0 Å². The van der Waals surface area contributed by atoms with Crippen molar-refractivity contribution < 1.29 is 3.07 Å². The maximum atomic E-state index is 12.5. The standard InChI is InChI=1S/C15H24INO2/c1-14(2,3)11-9-12(15(4,5)6)13(18)17(10-11)7-8-19-16/h9-10H,7-8H2,1-6H3. The van der Waals surface area contributed by atoms with Crippen LogP contribution in [0.15, 0.2) is 17.1 Å². The summed E-state index contributed by atoms with van der Waals surface area (Å²) in [5.41, 5.74) is 2.03. The molecule has 0 unspecified atom stereocenters. The molecule has 1 aromatic rings. The van der Waals surface area contributed by atoms with Crippen LogP contribution < -0.4 is 5.56 Å². The van der Waals surface area contributed by atoms with E-state index in [9.17, 15) is 4.79 Å². The number of halogens is 1. The zero-order valence-corrected chi connectivity index (χ0v) is 14.9. The van der Waals surface area contributed by atoms with Gasteiger partial charge in [-0.3, -0.25) is 4.79 Å². The molecule has 1 heterocycles. The van der Waals surface area contributed by atoms with E-state index in [1.54, 1.807) is 4.57 Å². The Morgan fingerprint density at radius 3 is 2.16 bits per heavy atom. The van der Waals surface area contributed by atoms with E-state index in [4.69, 9.17) is 3.07 Å². The van der Waals surface area contributed by atoms with E-state index in [1.807, 2.05) is 29.2 Å². The Kier molecular flexibility index (Phi) is 5.23. The molecule has 108 valence electrons. The molecule has 19 heavy (non-hydrogen) atoms. The highest BCUT2D eigenvalue weighted by Crippen LogP contribution is 2.26. The van der Waals surface area contributed by atoms with Crippen LogP contribution in [0, 0.1) is 0 Å². The Balaban J connectivity index is 3.44. The van der Waals surface area contributed by atoms with Crippen LogP contribution in [0.4, 0.5) is 0 Å². The van der Waals surface area contributed by atoms with Crippen LogP contribution in [-0.4, -0.2) is 11.2 Å². The first-order valence-electron chi connectivity index (χ1n) is 6.56. The van der Waals surface area contributed by atoms with Gasteiger partial charge in [-0.1, -0.05) is 41.5 Å². The molecule has 3 nitrogen and oxygen atoms in total. The smallest absolute Gasteiger partial charge is 0.254 e. The predicted octanol–water partition coefficient (Wildman–Crippen LogP) is 3.81. The number of hydrogen-bond donors (Lipinski definition) is 0. The lowest BCUT2D eigenvalue weighted by atomic mass is 9.82. The molecule has 1 rings (SSSR count). The maximum Gasteiger partial charge on any atom is 0.254 e. The highest BCUT2D eigenvalue weighted by molar-refractivity contribution is 14.1. The summed E-state index contributed by atoms with van der Waals surface area (Å²) in [6.45, 7) is 13.9. The molecule has 0 spiro atoms. The van der Waals surface area contributed by atoms with Crippen LogP contribution in [0.2, 0.25) is 0 Å². The van der Waals surface area contributed by atoms with Crippen molar-refractivity contribution in [3.8, 4) is 0 Å². The molecule has 0 fully saturated rings. The van der Waals surface area contributed by atoms with E-state index in [1.165, 1.54) is 5.56 Å². The normalized spacial score (nSPS) is 12.8. The second-order valence-electron chi connectivity index (χ2n) is 6.95. The van der Waals surface area contributed by atoms with Gasteiger partial charge in [0, 0.05) is 11.8 Å². The molecule has 0 aliphatic rings. The van der Waals surface area contributed by atoms with Gasteiger partial charge in [-0.05, 0) is 22.5 Å². The van der Waals surface area contributed by atoms with E-state index in [0.717, 1.165) is 5.56 Å². The Labute approximate surface area is 130 Å². The first kappa shape index (κ1) is 16.7. The van der Waals surface area contributed by atoms with Crippen molar-refractivity contribution in [2.24, 2.45) is 0 Å². The van der Waals surface area contributed by atoms with Crippen molar-refractivity contribution >= 4 is 23.0 Å². The van der Waals surface area contributed by atoms with Crippen LogP contribution in [0.3, 0.4) is 0 Å². The molecule has 0 N–H and O–H groups in total. The van der Waals surface area contributed by atoms with Gasteiger partial charge in [-0.15, -0.1) is 0 Å². The fourth-order valence-corrected chi connectivity index (χ4v) is 2.08. The zero-order valence-electron chi connectivity index (χ0n) is 12.7. The summed E-state index contributed by atoms with van der Waals surface area (Å²) in [5, 5.41) is 0. The van der Waals surface area contributed by atoms with Crippen LogP contribution in [-0.2, 0) is 20.4 Å². The minimum Gasteiger partial charge on any atom is -0.314 e. The van der Waals surface area contributed by atoms with E-state index in [2.05, 4.69) is 47.6 Å². The fraction of sp³-hybridized carbons (Fsp3) is 0.667. The van der Waals surface area contributed by atoms with Gasteiger partial charge in [0.1, 0.15) is 23.0 Å². The lowest BCUT2D eigenvalue weighted by Crippen LogP contribution is -2.33. The largest absolute Gasteiger partial charge is 0.314 e. The summed E-state index contributed by atoms with van der Waals surface area (Å²) >= 11 is 1.86. The lowest BCUT2D eigenvalue weighted by molar-refractivity contribution is 0.385. The predicted molar refractivity (Wildman–Crippen MR) is 88.1 cm³/mol. The van der Waals surface area contributed by atoms with Gasteiger partial charge in [-0.2, -0.15) is 0 Å². The molecular weight excluding hydrogens is 353 g/mol. The number of hydrogen-bond acceptors (Lipinski definition) is 2. The second-order valence-corrected chi connectivity index (χ2v) is 7.58. The molecule has 0 aliphatic heterocycles. The second kappa shape index (κ2) is 5.95. The third kappa shape index (κ3) is 4.31. The number of aromatic nitrogens is 1. The molecule has 0 radical (unpaired) electrons. The first-order chi connectivity index (χ1) is 8.57. The minimum atomic E-state index is -0.148. The monoisotopic (exact) mass is 377 g/mol. The number of pyridine rings is 1. The van der Waals surface area contributed by atoms with Crippen molar-refractivity contribution in [3.05, 3.63) is 33.7 Å². The number of rotatable bonds is 3. The maximum absolute atomic E-state index is 12.5. The summed E-state index contributed by atoms with van der Waals surface area (Å²) in [5.74, 6) is 0. The van der Waals surface area contributed by atoms with Crippen LogP contribution in [0.1, 0.15) is 52.7 Å². The SMILES string of the molecule is CC(C)(C)c1cc(C(C)(C)C)c(=O)n(CCOI)c1. The Morgan fingerprint density at radius 2 is 1.74 bits per heavy atom. The average molecular weight is 377 g/mol. The first-order valence-corrected chi connectivity index (χ1v) is 7.44. The van der Waals surface area contributed by atoms with Gasteiger partial charge in [0.05, 0.1) is 13.2 Å². The molecule has 4 heteroatoms. The highest BCUT2D eigenvalue weighted by Gasteiger charge is 2.23. The van der Waals surface area contributed by atoms with Gasteiger partial charge < -0.3 is 7.63 Å². The molecule has 0 saturated carbocycles. The zero-order chi connectivity index (χ0) is 14.8. The molecule has 0 amide bonds. The van der Waals surface area contributed by atoms with Crippen LogP contribution in [0.5, 0.6) is 0 Å². The van der Waals surface area contributed by atoms with E-state index < -0.39 is 0 Å². The van der Waals surface area contributed by atoms with Crippen LogP contribution in [0.25, 0.3) is 0 Å². The van der Waals surface area contributed by atoms with Gasteiger partial charge in [-0.25, -0.2) is 0 Å². The summed E-state index contributed by atoms with van der Waals surface area (Å²) in [7, 11) is 0. The fourth-order valence-electron chi connectivity index (χ4n) is 1.88. The summed E-state index contributed by atoms with van der Waals surface area (Å²) in [4.78, 5) is 12.5. The van der Waals surface area contributed by atoms with Crippen LogP contribution >= 0.6 is 23.0 Å². The topological polar surface area (TPSA) is 31.2 Å². The number of nitrogens with zero attached hydrogens (tertiary/aromatic N) is 1. The quantitative estimate of drug-likeness (QED) is 0.751. The van der Waals surface area contributed by atoms with Gasteiger partial charge in [0.2, 0.25) is 0 Å². The van der Waals surface area contributed by atoms with Crippen molar-refractivity contribution in [2.45, 2.75) is 58.9 Å². The molecule has 0 aliphatic carbocycles. The van der Waals surface area contributed by atoms with E-state index in [-0.39, 0.29) is 16.4 Å². The van der Waals surface area contributed by atoms with Crippen molar-refractivity contribution in [1.29, 1.82) is 0 Å². The third-order valence-electron chi connectivity index (χ3n) is 3.17. The molecule has 0 bridgehead atoms. The average Bonchev–Trinajstić information content (AvgIpc) is 2.24. The molecular formula is C15H24INO2. The highest BCUT2D eigenvalue weighted by atomic mass is 127. The summed E-state index contributed by atoms with van der Waals surface area (Å²) in [6, 6.07) is 2.06. The van der Waals surface area contributed by atoms with Crippen molar-refractivity contribution in [2.75, 3.05) is 6.61 Å². The Hall–Kier alpha value is -0.360. The Bertz CT molecular complexity index is 492. The Morgan fingerprint density at radius 1 is 1.16 bits per heavy atom. The van der Waals surface area contributed by atoms with E-state index in [0.29, 0.717) is 13.2 Å². The third-order valence-corrected chi connectivity index (χ3v) is 3.61. The molecule has 0 atom stereocenters. The summed E-state index contributed by atoms with van der Waals surface area (Å²) < 4.78 is 6.84. The lowest BCUT2D eigenvalue weighted by Gasteiger charge is -2.26. The molecule has 0 aromatic carbocycles. The van der Waals surface area contributed by atoms with Gasteiger partial charge >= 0.3 is 0 Å². The van der Waals surface area contributed by atoms with Gasteiger partial charge in [0.15, 0.2) is 0 Å².